The number of nitrogens with zero attached hydrogens (tertiary/aromatic N) is 2. The van der Waals surface area contributed by atoms with Gasteiger partial charge in [-0.05, 0) is 30.7 Å². The largest absolute Gasteiger partial charge is 0.355 e. The molecule has 1 aromatic rings. The maximum atomic E-state index is 11.7. The van der Waals surface area contributed by atoms with Crippen molar-refractivity contribution in [1.82, 2.24) is 5.32 Å². The molecule has 1 aromatic carbocycles. The Balaban J connectivity index is 2.79. The number of benzene rings is 1. The number of hydrogen-bond acceptors (Lipinski definition) is 3. The van der Waals surface area contributed by atoms with E-state index in [1.165, 1.54) is 11.8 Å². The van der Waals surface area contributed by atoms with E-state index < -0.39 is 0 Å². The molecule has 0 aliphatic rings. The zero-order valence-electron chi connectivity index (χ0n) is 11.1. The monoisotopic (exact) mass is 259 g/mol. The normalized spacial score (nSPS) is 9.53. The summed E-state index contributed by atoms with van der Waals surface area (Å²) in [6.07, 6.45) is 0.850. The second-order valence-electron chi connectivity index (χ2n) is 4.11. The standard InChI is InChI=1S/C14H17N3O2/c1-3-8-16-14(19)10-17(11(2)18)13-6-4-12(9-15)5-7-13/h4-7H,3,8,10H2,1-2H3,(H,16,19). The van der Waals surface area contributed by atoms with Crippen molar-refractivity contribution in [2.24, 2.45) is 0 Å². The van der Waals surface area contributed by atoms with Gasteiger partial charge in [-0.3, -0.25) is 9.59 Å². The molecule has 100 valence electrons. The van der Waals surface area contributed by atoms with Crippen molar-refractivity contribution in [2.75, 3.05) is 18.0 Å². The second kappa shape index (κ2) is 7.17. The minimum atomic E-state index is -0.212. The number of carbonyl (C=O) groups is 2. The molecule has 0 bridgehead atoms. The minimum absolute atomic E-state index is 0.0127. The molecule has 5 heteroatoms. The number of anilines is 1. The molecule has 0 saturated heterocycles. The first-order chi connectivity index (χ1) is 9.08. The minimum Gasteiger partial charge on any atom is -0.355 e. The molecule has 0 spiro atoms. The summed E-state index contributed by atoms with van der Waals surface area (Å²) in [6.45, 7) is 3.95. The first kappa shape index (κ1) is 14.7. The Morgan fingerprint density at radius 3 is 2.42 bits per heavy atom. The quantitative estimate of drug-likeness (QED) is 0.869. The van der Waals surface area contributed by atoms with Gasteiger partial charge in [0, 0.05) is 19.2 Å². The van der Waals surface area contributed by atoms with Crippen molar-refractivity contribution in [1.29, 1.82) is 5.26 Å². The lowest BCUT2D eigenvalue weighted by Gasteiger charge is -2.20. The molecule has 0 radical (unpaired) electrons. The molecular formula is C14H17N3O2. The van der Waals surface area contributed by atoms with Gasteiger partial charge in [0.2, 0.25) is 11.8 Å². The second-order valence-corrected chi connectivity index (χ2v) is 4.11. The lowest BCUT2D eigenvalue weighted by molar-refractivity contribution is -0.123. The molecule has 0 atom stereocenters. The van der Waals surface area contributed by atoms with E-state index in [0.717, 1.165) is 6.42 Å². The fraction of sp³-hybridized carbons (Fsp3) is 0.357. The lowest BCUT2D eigenvalue weighted by Crippen LogP contribution is -2.40. The molecule has 0 unspecified atom stereocenters. The summed E-state index contributed by atoms with van der Waals surface area (Å²) in [7, 11) is 0. The number of nitriles is 1. The van der Waals surface area contributed by atoms with Crippen LogP contribution in [0, 0.1) is 11.3 Å². The average Bonchev–Trinajstić information content (AvgIpc) is 2.42. The fourth-order valence-corrected chi connectivity index (χ4v) is 1.56. The van der Waals surface area contributed by atoms with E-state index in [1.54, 1.807) is 24.3 Å². The fourth-order valence-electron chi connectivity index (χ4n) is 1.56. The molecule has 0 aromatic heterocycles. The van der Waals surface area contributed by atoms with Gasteiger partial charge in [-0.25, -0.2) is 0 Å². The molecule has 0 fully saturated rings. The van der Waals surface area contributed by atoms with Crippen LogP contribution in [0.3, 0.4) is 0 Å². The van der Waals surface area contributed by atoms with Crippen molar-refractivity contribution >= 4 is 17.5 Å². The Bertz CT molecular complexity index is 488. The Hall–Kier alpha value is -2.35. The van der Waals surface area contributed by atoms with Crippen LogP contribution in [0.25, 0.3) is 0 Å². The van der Waals surface area contributed by atoms with Gasteiger partial charge >= 0.3 is 0 Å². The molecule has 1 N–H and O–H groups in total. The van der Waals surface area contributed by atoms with E-state index in [-0.39, 0.29) is 18.4 Å². The van der Waals surface area contributed by atoms with E-state index in [9.17, 15) is 9.59 Å². The van der Waals surface area contributed by atoms with Crippen LogP contribution in [0.4, 0.5) is 5.69 Å². The van der Waals surface area contributed by atoms with Gasteiger partial charge in [-0.1, -0.05) is 6.92 Å². The van der Waals surface area contributed by atoms with Gasteiger partial charge < -0.3 is 10.2 Å². The predicted molar refractivity (Wildman–Crippen MR) is 72.5 cm³/mol. The SMILES string of the molecule is CCCNC(=O)CN(C(C)=O)c1ccc(C#N)cc1. The molecule has 0 heterocycles. The molecule has 0 aliphatic carbocycles. The summed E-state index contributed by atoms with van der Waals surface area (Å²) < 4.78 is 0. The lowest BCUT2D eigenvalue weighted by atomic mass is 10.2. The van der Waals surface area contributed by atoms with Crippen LogP contribution in [0.15, 0.2) is 24.3 Å². The van der Waals surface area contributed by atoms with E-state index >= 15 is 0 Å². The van der Waals surface area contributed by atoms with Gasteiger partial charge in [-0.15, -0.1) is 0 Å². The highest BCUT2D eigenvalue weighted by Crippen LogP contribution is 2.15. The van der Waals surface area contributed by atoms with Crippen LogP contribution in [-0.2, 0) is 9.59 Å². The maximum Gasteiger partial charge on any atom is 0.240 e. The van der Waals surface area contributed by atoms with E-state index in [1.807, 2.05) is 13.0 Å². The smallest absolute Gasteiger partial charge is 0.240 e. The summed E-state index contributed by atoms with van der Waals surface area (Å²) in [6, 6.07) is 8.57. The van der Waals surface area contributed by atoms with Crippen LogP contribution in [0.5, 0.6) is 0 Å². The zero-order valence-corrected chi connectivity index (χ0v) is 11.1. The topological polar surface area (TPSA) is 73.2 Å². The zero-order chi connectivity index (χ0) is 14.3. The van der Waals surface area contributed by atoms with Gasteiger partial charge in [0.1, 0.15) is 6.54 Å². The number of hydrogen-bond donors (Lipinski definition) is 1. The van der Waals surface area contributed by atoms with Crippen molar-refractivity contribution in [2.45, 2.75) is 20.3 Å². The van der Waals surface area contributed by atoms with E-state index in [2.05, 4.69) is 5.32 Å². The molecular weight excluding hydrogens is 242 g/mol. The summed E-state index contributed by atoms with van der Waals surface area (Å²) in [5.74, 6) is -0.405. The third-order valence-electron chi connectivity index (χ3n) is 2.56. The van der Waals surface area contributed by atoms with Gasteiger partial charge in [0.15, 0.2) is 0 Å². The molecule has 1 rings (SSSR count). The molecule has 19 heavy (non-hydrogen) atoms. The predicted octanol–water partition coefficient (Wildman–Crippen LogP) is 1.44. The van der Waals surface area contributed by atoms with Crippen LogP contribution in [0.1, 0.15) is 25.8 Å². The van der Waals surface area contributed by atoms with Crippen molar-refractivity contribution in [3.63, 3.8) is 0 Å². The number of carbonyl (C=O) groups excluding carboxylic acids is 2. The third kappa shape index (κ3) is 4.43. The number of nitrogens with one attached hydrogen (secondary N) is 1. The molecule has 5 nitrogen and oxygen atoms in total. The highest BCUT2D eigenvalue weighted by Gasteiger charge is 2.15. The van der Waals surface area contributed by atoms with Gasteiger partial charge in [0.25, 0.3) is 0 Å². The molecule has 0 aliphatic heterocycles. The van der Waals surface area contributed by atoms with Crippen molar-refractivity contribution < 1.29 is 9.59 Å². The van der Waals surface area contributed by atoms with E-state index in [0.29, 0.717) is 17.8 Å². The Labute approximate surface area is 112 Å². The van der Waals surface area contributed by atoms with Crippen molar-refractivity contribution in [3.05, 3.63) is 29.8 Å². The van der Waals surface area contributed by atoms with Crippen molar-refractivity contribution in [3.8, 4) is 6.07 Å². The highest BCUT2D eigenvalue weighted by molar-refractivity contribution is 5.97. The van der Waals surface area contributed by atoms with Crippen LogP contribution >= 0.6 is 0 Å². The number of amides is 2. The Morgan fingerprint density at radius 2 is 1.95 bits per heavy atom. The first-order valence-electron chi connectivity index (χ1n) is 6.13. The summed E-state index contributed by atoms with van der Waals surface area (Å²) in [5.41, 5.74) is 1.13. The summed E-state index contributed by atoms with van der Waals surface area (Å²) in [4.78, 5) is 24.6. The Kier molecular flexibility index (Phi) is 5.55. The van der Waals surface area contributed by atoms with Gasteiger partial charge in [0.05, 0.1) is 11.6 Å². The first-order valence-corrected chi connectivity index (χ1v) is 6.13. The maximum absolute atomic E-state index is 11.7. The van der Waals surface area contributed by atoms with Crippen LogP contribution in [0.2, 0.25) is 0 Å². The Morgan fingerprint density at radius 1 is 1.32 bits per heavy atom. The summed E-state index contributed by atoms with van der Waals surface area (Å²) >= 11 is 0. The van der Waals surface area contributed by atoms with Gasteiger partial charge in [-0.2, -0.15) is 5.26 Å². The van der Waals surface area contributed by atoms with Crippen LogP contribution in [-0.4, -0.2) is 24.9 Å². The van der Waals surface area contributed by atoms with Crippen LogP contribution < -0.4 is 10.2 Å². The van der Waals surface area contributed by atoms with E-state index in [4.69, 9.17) is 5.26 Å². The molecule has 2 amide bonds. The number of rotatable bonds is 5. The average molecular weight is 259 g/mol. The summed E-state index contributed by atoms with van der Waals surface area (Å²) in [5, 5.41) is 11.4. The molecule has 0 saturated carbocycles. The highest BCUT2D eigenvalue weighted by atomic mass is 16.2. The third-order valence-corrected chi connectivity index (χ3v) is 2.56.